The molecule has 0 radical (unpaired) electrons. The van der Waals surface area contributed by atoms with Gasteiger partial charge in [0.2, 0.25) is 17.6 Å². The summed E-state index contributed by atoms with van der Waals surface area (Å²) in [7, 11) is 0. The zero-order valence-electron chi connectivity index (χ0n) is 15.9. The molecule has 158 valence electrons. The molecule has 5 nitrogen and oxygen atoms in total. The van der Waals surface area contributed by atoms with Crippen molar-refractivity contribution in [2.45, 2.75) is 31.9 Å². The summed E-state index contributed by atoms with van der Waals surface area (Å²) >= 11 is 5.85. The summed E-state index contributed by atoms with van der Waals surface area (Å²) in [6.07, 6.45) is -3.19. The normalized spacial score (nSPS) is 11.5. The average Bonchev–Trinajstić information content (AvgIpc) is 3.17. The van der Waals surface area contributed by atoms with E-state index in [1.54, 1.807) is 30.3 Å². The number of hydrogen-bond acceptors (Lipinski definition) is 4. The molecule has 0 atom stereocenters. The molecule has 2 aromatic carbocycles. The van der Waals surface area contributed by atoms with E-state index < -0.39 is 11.7 Å². The number of nitrogens with one attached hydrogen (secondary N) is 1. The van der Waals surface area contributed by atoms with E-state index in [9.17, 15) is 18.0 Å². The van der Waals surface area contributed by atoms with Gasteiger partial charge in [0.05, 0.1) is 5.56 Å². The molecule has 0 aliphatic heterocycles. The first-order chi connectivity index (χ1) is 14.3. The standard InChI is InChI=1S/C21H19ClF3N3O2/c22-16-10-8-15(9-11-16)20-27-19(30-28-20)7-3-6-18(29)26-13-12-14-4-1-2-5-17(14)21(23,24)25/h1-2,4-5,8-11H,3,6-7,12-13H2,(H,26,29). The Morgan fingerprint density at radius 1 is 1.07 bits per heavy atom. The SMILES string of the molecule is O=C(CCCc1nc(-c2ccc(Cl)cc2)no1)NCCc1ccccc1C(F)(F)F. The van der Waals surface area contributed by atoms with Crippen molar-refractivity contribution in [3.05, 3.63) is 70.6 Å². The van der Waals surface area contributed by atoms with Gasteiger partial charge in [-0.3, -0.25) is 4.79 Å². The van der Waals surface area contributed by atoms with Crippen LogP contribution in [0.4, 0.5) is 13.2 Å². The van der Waals surface area contributed by atoms with E-state index in [2.05, 4.69) is 15.5 Å². The Morgan fingerprint density at radius 3 is 2.53 bits per heavy atom. The van der Waals surface area contributed by atoms with E-state index in [0.29, 0.717) is 29.6 Å². The number of benzene rings is 2. The first-order valence-electron chi connectivity index (χ1n) is 9.33. The molecule has 1 N–H and O–H groups in total. The summed E-state index contributed by atoms with van der Waals surface area (Å²) in [5.41, 5.74) is 0.254. The van der Waals surface area contributed by atoms with Crippen molar-refractivity contribution in [2.75, 3.05) is 6.54 Å². The largest absolute Gasteiger partial charge is 0.416 e. The van der Waals surface area contributed by atoms with Gasteiger partial charge >= 0.3 is 6.18 Å². The molecule has 30 heavy (non-hydrogen) atoms. The highest BCUT2D eigenvalue weighted by Gasteiger charge is 2.32. The Hall–Kier alpha value is -2.87. The van der Waals surface area contributed by atoms with Crippen LogP contribution in [0.3, 0.4) is 0 Å². The number of halogens is 4. The number of aromatic nitrogens is 2. The summed E-state index contributed by atoms with van der Waals surface area (Å²) in [4.78, 5) is 16.2. The second-order valence-electron chi connectivity index (χ2n) is 6.63. The molecule has 0 spiro atoms. The molecule has 0 saturated carbocycles. The number of carbonyl (C=O) groups excluding carboxylic acids is 1. The third kappa shape index (κ3) is 6.06. The molecule has 0 aliphatic rings. The first-order valence-corrected chi connectivity index (χ1v) is 9.71. The maximum absolute atomic E-state index is 13.0. The second-order valence-corrected chi connectivity index (χ2v) is 7.06. The Labute approximate surface area is 176 Å². The summed E-state index contributed by atoms with van der Waals surface area (Å²) in [5, 5.41) is 7.16. The number of rotatable bonds is 8. The fourth-order valence-electron chi connectivity index (χ4n) is 2.91. The van der Waals surface area contributed by atoms with E-state index in [-0.39, 0.29) is 30.9 Å². The number of amides is 1. The van der Waals surface area contributed by atoms with Crippen molar-refractivity contribution in [3.63, 3.8) is 0 Å². The van der Waals surface area contributed by atoms with Crippen LogP contribution < -0.4 is 5.32 Å². The van der Waals surface area contributed by atoms with Gasteiger partial charge in [-0.15, -0.1) is 0 Å². The van der Waals surface area contributed by atoms with E-state index in [4.69, 9.17) is 16.1 Å². The zero-order valence-corrected chi connectivity index (χ0v) is 16.6. The zero-order chi connectivity index (χ0) is 21.6. The lowest BCUT2D eigenvalue weighted by molar-refractivity contribution is -0.138. The highest BCUT2D eigenvalue weighted by Crippen LogP contribution is 2.31. The van der Waals surface area contributed by atoms with Gasteiger partial charge in [0.1, 0.15) is 0 Å². The van der Waals surface area contributed by atoms with Gasteiger partial charge in [-0.05, 0) is 48.7 Å². The maximum Gasteiger partial charge on any atom is 0.416 e. The molecule has 1 aromatic heterocycles. The van der Waals surface area contributed by atoms with Gasteiger partial charge in [0, 0.05) is 30.0 Å². The minimum absolute atomic E-state index is 0.107. The van der Waals surface area contributed by atoms with Gasteiger partial charge in [-0.1, -0.05) is 35.0 Å². The minimum Gasteiger partial charge on any atom is -0.356 e. The van der Waals surface area contributed by atoms with E-state index in [0.717, 1.165) is 11.6 Å². The number of carbonyl (C=O) groups is 1. The fourth-order valence-corrected chi connectivity index (χ4v) is 3.04. The summed E-state index contributed by atoms with van der Waals surface area (Å²) in [6.45, 7) is 0.132. The van der Waals surface area contributed by atoms with Crippen molar-refractivity contribution in [1.82, 2.24) is 15.5 Å². The smallest absolute Gasteiger partial charge is 0.356 e. The molecule has 3 rings (SSSR count). The predicted molar refractivity (Wildman–Crippen MR) is 106 cm³/mol. The molecule has 0 unspecified atom stereocenters. The summed E-state index contributed by atoms with van der Waals surface area (Å²) < 4.78 is 44.1. The summed E-state index contributed by atoms with van der Waals surface area (Å²) in [5.74, 6) is 0.609. The van der Waals surface area contributed by atoms with Crippen LogP contribution in [0.25, 0.3) is 11.4 Å². The van der Waals surface area contributed by atoms with Crippen LogP contribution in [0.5, 0.6) is 0 Å². The molecule has 1 amide bonds. The van der Waals surface area contributed by atoms with Crippen molar-refractivity contribution in [2.24, 2.45) is 0 Å². The Kier molecular flexibility index (Phi) is 7.10. The predicted octanol–water partition coefficient (Wildman–Crippen LogP) is 5.09. The highest BCUT2D eigenvalue weighted by atomic mass is 35.5. The van der Waals surface area contributed by atoms with Crippen LogP contribution in [0.2, 0.25) is 5.02 Å². The van der Waals surface area contributed by atoms with Crippen molar-refractivity contribution < 1.29 is 22.5 Å². The molecule has 9 heteroatoms. The molecular weight excluding hydrogens is 419 g/mol. The van der Waals surface area contributed by atoms with Crippen LogP contribution in [0.15, 0.2) is 53.1 Å². The van der Waals surface area contributed by atoms with Gasteiger partial charge < -0.3 is 9.84 Å². The number of nitrogens with zero attached hydrogens (tertiary/aromatic N) is 2. The Balaban J connectivity index is 1.41. The minimum atomic E-state index is -4.41. The third-order valence-electron chi connectivity index (χ3n) is 4.40. The summed E-state index contributed by atoms with van der Waals surface area (Å²) in [6, 6.07) is 12.4. The van der Waals surface area contributed by atoms with Crippen molar-refractivity contribution in [1.29, 1.82) is 0 Å². The lowest BCUT2D eigenvalue weighted by atomic mass is 10.0. The molecule has 0 fully saturated rings. The first kappa shape index (κ1) is 21.8. The van der Waals surface area contributed by atoms with Crippen molar-refractivity contribution in [3.8, 4) is 11.4 Å². The van der Waals surface area contributed by atoms with Gasteiger partial charge in [-0.25, -0.2) is 0 Å². The third-order valence-corrected chi connectivity index (χ3v) is 4.66. The van der Waals surface area contributed by atoms with E-state index in [1.165, 1.54) is 12.1 Å². The molecular formula is C21H19ClF3N3O2. The van der Waals surface area contributed by atoms with Crippen LogP contribution in [-0.2, 0) is 23.8 Å². The maximum atomic E-state index is 13.0. The quantitative estimate of drug-likeness (QED) is 0.533. The highest BCUT2D eigenvalue weighted by molar-refractivity contribution is 6.30. The molecule has 0 saturated heterocycles. The average molecular weight is 438 g/mol. The van der Waals surface area contributed by atoms with Crippen LogP contribution >= 0.6 is 11.6 Å². The van der Waals surface area contributed by atoms with Crippen LogP contribution in [-0.4, -0.2) is 22.6 Å². The van der Waals surface area contributed by atoms with Crippen molar-refractivity contribution >= 4 is 17.5 Å². The van der Waals surface area contributed by atoms with Gasteiger partial charge in [0.25, 0.3) is 0 Å². The molecule has 3 aromatic rings. The van der Waals surface area contributed by atoms with E-state index in [1.807, 2.05) is 0 Å². The topological polar surface area (TPSA) is 68.0 Å². The van der Waals surface area contributed by atoms with E-state index >= 15 is 0 Å². The number of hydrogen-bond donors (Lipinski definition) is 1. The Morgan fingerprint density at radius 2 is 1.80 bits per heavy atom. The van der Waals surface area contributed by atoms with Crippen LogP contribution in [0.1, 0.15) is 29.9 Å². The molecule has 0 bridgehead atoms. The molecule has 1 heterocycles. The number of aryl methyl sites for hydroxylation is 1. The second kappa shape index (κ2) is 9.75. The monoisotopic (exact) mass is 437 g/mol. The molecule has 0 aliphatic carbocycles. The van der Waals surface area contributed by atoms with Gasteiger partial charge in [0.15, 0.2) is 0 Å². The lowest BCUT2D eigenvalue weighted by Gasteiger charge is -2.12. The lowest BCUT2D eigenvalue weighted by Crippen LogP contribution is -2.26. The Bertz CT molecular complexity index is 988. The fraction of sp³-hybridized carbons (Fsp3) is 0.286. The number of alkyl halides is 3. The van der Waals surface area contributed by atoms with Gasteiger partial charge in [-0.2, -0.15) is 18.2 Å². The van der Waals surface area contributed by atoms with Crippen LogP contribution in [0, 0.1) is 0 Å².